The first-order valence-electron chi connectivity index (χ1n) is 15.2. The Labute approximate surface area is 246 Å². The number of pyridine rings is 2. The van der Waals surface area contributed by atoms with Crippen molar-refractivity contribution >= 4 is 28.5 Å². The lowest BCUT2D eigenvalue weighted by atomic mass is 9.85. The van der Waals surface area contributed by atoms with Crippen molar-refractivity contribution < 1.29 is 14.3 Å². The lowest BCUT2D eigenvalue weighted by Crippen LogP contribution is -2.25. The summed E-state index contributed by atoms with van der Waals surface area (Å²) >= 11 is 0. The molecular weight excluding hydrogens is 526 g/mol. The predicted molar refractivity (Wildman–Crippen MR) is 165 cm³/mol. The zero-order valence-electron chi connectivity index (χ0n) is 24.4. The summed E-state index contributed by atoms with van der Waals surface area (Å²) in [4.78, 5) is 38.3. The van der Waals surface area contributed by atoms with E-state index in [1.807, 2.05) is 50.4 Å². The van der Waals surface area contributed by atoms with E-state index in [0.717, 1.165) is 59.2 Å². The second-order valence-electron chi connectivity index (χ2n) is 12.0. The molecule has 2 aliphatic rings. The number of ketones is 1. The fraction of sp³-hybridized carbons (Fsp3) is 0.412. The number of hydrogen-bond donors (Lipinski definition) is 3. The van der Waals surface area contributed by atoms with Gasteiger partial charge in [0.25, 0.3) is 5.91 Å². The molecule has 0 aliphatic heterocycles. The van der Waals surface area contributed by atoms with Gasteiger partial charge < -0.3 is 20.4 Å². The number of nitrogens with one attached hydrogen (secondary N) is 3. The van der Waals surface area contributed by atoms with Gasteiger partial charge in [0, 0.05) is 48.5 Å². The number of carbonyl (C=O) groups excluding carboxylic acids is 2. The van der Waals surface area contributed by atoms with Gasteiger partial charge in [-0.2, -0.15) is 0 Å². The van der Waals surface area contributed by atoms with Crippen molar-refractivity contribution in [2.75, 3.05) is 5.32 Å². The van der Waals surface area contributed by atoms with Crippen molar-refractivity contribution in [3.63, 3.8) is 0 Å². The molecule has 8 nitrogen and oxygen atoms in total. The molecule has 0 saturated heterocycles. The van der Waals surface area contributed by atoms with Gasteiger partial charge in [-0.25, -0.2) is 9.97 Å². The highest BCUT2D eigenvalue weighted by Crippen LogP contribution is 2.33. The van der Waals surface area contributed by atoms with Crippen molar-refractivity contribution in [2.24, 2.45) is 5.92 Å². The first-order chi connectivity index (χ1) is 20.4. The highest BCUT2D eigenvalue weighted by molar-refractivity contribution is 6.02. The van der Waals surface area contributed by atoms with Crippen LogP contribution < -0.4 is 15.4 Å². The molecule has 4 aromatic rings. The number of benzene rings is 1. The van der Waals surface area contributed by atoms with Gasteiger partial charge in [-0.3, -0.25) is 9.59 Å². The van der Waals surface area contributed by atoms with Crippen LogP contribution in [0.2, 0.25) is 0 Å². The number of carbonyl (C=O) groups is 2. The van der Waals surface area contributed by atoms with Crippen LogP contribution in [0.4, 0.5) is 5.82 Å². The van der Waals surface area contributed by atoms with E-state index in [9.17, 15) is 9.59 Å². The molecule has 8 heteroatoms. The summed E-state index contributed by atoms with van der Waals surface area (Å²) in [6.07, 6.45) is 13.9. The highest BCUT2D eigenvalue weighted by atomic mass is 16.5. The maximum absolute atomic E-state index is 13.3. The Balaban J connectivity index is 1.26. The van der Waals surface area contributed by atoms with Gasteiger partial charge in [-0.1, -0.05) is 32.1 Å². The Hall–Kier alpha value is -4.20. The molecule has 0 spiro atoms. The Bertz CT molecular complexity index is 1580. The Morgan fingerprint density at radius 3 is 2.67 bits per heavy atom. The second-order valence-corrected chi connectivity index (χ2v) is 12.0. The van der Waals surface area contributed by atoms with Crippen LogP contribution in [-0.2, 0) is 6.54 Å². The highest BCUT2D eigenvalue weighted by Gasteiger charge is 2.24. The van der Waals surface area contributed by atoms with Gasteiger partial charge in [0.05, 0.1) is 17.2 Å². The van der Waals surface area contributed by atoms with Crippen molar-refractivity contribution in [3.05, 3.63) is 71.7 Å². The molecule has 3 heterocycles. The zero-order chi connectivity index (χ0) is 29.1. The molecular formula is C34H39N5O3. The third-order valence-corrected chi connectivity index (χ3v) is 8.12. The van der Waals surface area contributed by atoms with Gasteiger partial charge in [0.15, 0.2) is 5.78 Å². The number of H-pyrrole nitrogens is 1. The molecule has 0 unspecified atom stereocenters. The van der Waals surface area contributed by atoms with E-state index < -0.39 is 0 Å². The molecule has 0 radical (unpaired) electrons. The van der Waals surface area contributed by atoms with Gasteiger partial charge in [0.2, 0.25) is 0 Å². The maximum Gasteiger partial charge on any atom is 0.253 e. The Morgan fingerprint density at radius 1 is 1.05 bits per heavy atom. The molecule has 42 heavy (non-hydrogen) atoms. The fourth-order valence-electron chi connectivity index (χ4n) is 5.84. The molecule has 2 fully saturated rings. The molecule has 2 saturated carbocycles. The number of aromatic nitrogens is 3. The van der Waals surface area contributed by atoms with Crippen LogP contribution >= 0.6 is 0 Å². The average molecular weight is 566 g/mol. The maximum atomic E-state index is 13.3. The number of rotatable bonds is 11. The molecule has 1 aromatic carbocycles. The first kappa shape index (κ1) is 27.9. The van der Waals surface area contributed by atoms with E-state index >= 15 is 0 Å². The minimum atomic E-state index is -0.0926. The van der Waals surface area contributed by atoms with Gasteiger partial charge >= 0.3 is 0 Å². The Morgan fingerprint density at radius 2 is 1.88 bits per heavy atom. The van der Waals surface area contributed by atoms with Gasteiger partial charge in [0.1, 0.15) is 17.2 Å². The summed E-state index contributed by atoms with van der Waals surface area (Å²) in [5.41, 5.74) is 4.80. The molecule has 0 atom stereocenters. The van der Waals surface area contributed by atoms with Crippen molar-refractivity contribution in [2.45, 2.75) is 83.9 Å². The number of aromatic amines is 1. The number of anilines is 1. The smallest absolute Gasteiger partial charge is 0.253 e. The van der Waals surface area contributed by atoms with Crippen LogP contribution in [0, 0.1) is 5.92 Å². The molecule has 218 valence electrons. The summed E-state index contributed by atoms with van der Waals surface area (Å²) in [6, 6.07) is 12.0. The van der Waals surface area contributed by atoms with Crippen molar-refractivity contribution in [3.8, 4) is 16.9 Å². The van der Waals surface area contributed by atoms with Crippen LogP contribution in [0.5, 0.6) is 5.75 Å². The van der Waals surface area contributed by atoms with E-state index in [1.165, 1.54) is 19.3 Å². The Kier molecular flexibility index (Phi) is 8.22. The summed E-state index contributed by atoms with van der Waals surface area (Å²) in [6.45, 7) is 4.48. The molecule has 1 amide bonds. The quantitative estimate of drug-likeness (QED) is 0.168. The summed E-state index contributed by atoms with van der Waals surface area (Å²) < 4.78 is 6.13. The monoisotopic (exact) mass is 565 g/mol. The zero-order valence-corrected chi connectivity index (χ0v) is 24.4. The third kappa shape index (κ3) is 6.64. The standard InChI is InChI=1S/C34H39N5O3/c1-21(2)42-27-14-23(18-36-32-28(9-6-12-35-32)31(40)15-22-7-4-3-5-8-22)13-24(16-27)30-20-38-33-29(30)17-25(19-37-33)34(41)39-26-10-11-26/h6,9,12-14,16-17,19-22,26H,3-5,7-8,10-11,15,18H2,1-2H3,(H,35,36)(H,37,38)(H,39,41). The summed E-state index contributed by atoms with van der Waals surface area (Å²) in [5.74, 6) is 1.89. The number of amides is 1. The second kappa shape index (κ2) is 12.3. The molecule has 2 aliphatic carbocycles. The van der Waals surface area contributed by atoms with Crippen molar-refractivity contribution in [1.82, 2.24) is 20.3 Å². The fourth-order valence-corrected chi connectivity index (χ4v) is 5.84. The van der Waals surface area contributed by atoms with E-state index in [2.05, 4.69) is 31.7 Å². The van der Waals surface area contributed by atoms with Gasteiger partial charge in [-0.15, -0.1) is 0 Å². The number of hydrogen-bond acceptors (Lipinski definition) is 6. The van der Waals surface area contributed by atoms with E-state index in [0.29, 0.717) is 35.8 Å². The van der Waals surface area contributed by atoms with E-state index in [1.54, 1.807) is 12.4 Å². The predicted octanol–water partition coefficient (Wildman–Crippen LogP) is 7.07. The van der Waals surface area contributed by atoms with Gasteiger partial charge in [-0.05, 0) is 80.1 Å². The van der Waals surface area contributed by atoms with Crippen molar-refractivity contribution in [1.29, 1.82) is 0 Å². The van der Waals surface area contributed by atoms with E-state index in [-0.39, 0.29) is 23.8 Å². The molecule has 3 N–H and O–H groups in total. The first-order valence-corrected chi connectivity index (χ1v) is 15.2. The average Bonchev–Trinajstić information content (AvgIpc) is 3.70. The van der Waals surface area contributed by atoms with Crippen LogP contribution in [-0.4, -0.2) is 38.8 Å². The van der Waals surface area contributed by atoms with Crippen LogP contribution in [0.3, 0.4) is 0 Å². The normalized spacial score (nSPS) is 15.6. The third-order valence-electron chi connectivity index (χ3n) is 8.12. The summed E-state index contributed by atoms with van der Waals surface area (Å²) in [7, 11) is 0. The van der Waals surface area contributed by atoms with E-state index in [4.69, 9.17) is 4.74 Å². The largest absolute Gasteiger partial charge is 0.491 e. The number of nitrogens with zero attached hydrogens (tertiary/aromatic N) is 2. The molecule has 3 aromatic heterocycles. The SMILES string of the molecule is CC(C)Oc1cc(CNc2ncccc2C(=O)CC2CCCCC2)cc(-c2c[nH]c3ncc(C(=O)NC4CC4)cc23)c1. The minimum absolute atomic E-state index is 0.00298. The topological polar surface area (TPSA) is 109 Å². The summed E-state index contributed by atoms with van der Waals surface area (Å²) in [5, 5.41) is 7.35. The number of Topliss-reactive ketones (excluding diaryl/α,β-unsaturated/α-hetero) is 1. The minimum Gasteiger partial charge on any atom is -0.491 e. The van der Waals surface area contributed by atoms with Crippen LogP contribution in [0.1, 0.15) is 91.5 Å². The number of ether oxygens (including phenoxy) is 1. The molecule has 6 rings (SSSR count). The van der Waals surface area contributed by atoms with Crippen LogP contribution in [0.25, 0.3) is 22.2 Å². The molecule has 0 bridgehead atoms. The lowest BCUT2D eigenvalue weighted by molar-refractivity contribution is 0.0942. The lowest BCUT2D eigenvalue weighted by Gasteiger charge is -2.21. The number of fused-ring (bicyclic) bond motifs is 1. The van der Waals surface area contributed by atoms with Crippen LogP contribution in [0.15, 0.2) is 55.0 Å².